The molecular formula is C16H21NO4S2. The second-order valence-corrected chi connectivity index (χ2v) is 10.5. The number of rotatable bonds is 3. The summed E-state index contributed by atoms with van der Waals surface area (Å²) >= 11 is 0. The minimum absolute atomic E-state index is 0.0416. The molecule has 7 heteroatoms. The van der Waals surface area contributed by atoms with Crippen LogP contribution in [0.1, 0.15) is 12.8 Å². The minimum Gasteiger partial charge on any atom is -0.370 e. The van der Waals surface area contributed by atoms with E-state index in [9.17, 15) is 16.8 Å². The third kappa shape index (κ3) is 3.30. The predicted molar refractivity (Wildman–Crippen MR) is 90.2 cm³/mol. The summed E-state index contributed by atoms with van der Waals surface area (Å²) < 4.78 is 47.8. The Morgan fingerprint density at radius 3 is 1.96 bits per heavy atom. The molecule has 1 heterocycles. The van der Waals surface area contributed by atoms with Crippen LogP contribution in [0.4, 0.5) is 5.69 Å². The molecule has 1 aliphatic carbocycles. The molecule has 0 N–H and O–H groups in total. The van der Waals surface area contributed by atoms with Crippen molar-refractivity contribution in [2.75, 3.05) is 30.5 Å². The maximum atomic E-state index is 12.2. The van der Waals surface area contributed by atoms with E-state index in [0.29, 0.717) is 17.5 Å². The van der Waals surface area contributed by atoms with Crippen molar-refractivity contribution in [1.82, 2.24) is 0 Å². The first kappa shape index (κ1) is 16.5. The molecule has 2 aliphatic rings. The van der Waals surface area contributed by atoms with Gasteiger partial charge in [0.05, 0.1) is 15.5 Å². The Morgan fingerprint density at radius 1 is 0.913 bits per heavy atom. The monoisotopic (exact) mass is 355 g/mol. The van der Waals surface area contributed by atoms with Crippen molar-refractivity contribution in [2.45, 2.75) is 22.6 Å². The van der Waals surface area contributed by atoms with Crippen molar-refractivity contribution in [3.63, 3.8) is 0 Å². The van der Waals surface area contributed by atoms with Crippen LogP contribution in [0.5, 0.6) is 0 Å². The van der Waals surface area contributed by atoms with Crippen molar-refractivity contribution in [1.29, 1.82) is 0 Å². The summed E-state index contributed by atoms with van der Waals surface area (Å²) in [4.78, 5) is 2.23. The van der Waals surface area contributed by atoms with Gasteiger partial charge in [-0.05, 0) is 42.9 Å². The van der Waals surface area contributed by atoms with E-state index in [1.54, 1.807) is 6.07 Å². The van der Waals surface area contributed by atoms with E-state index < -0.39 is 19.7 Å². The quantitative estimate of drug-likeness (QED) is 0.775. The lowest BCUT2D eigenvalue weighted by molar-refractivity contribution is 0.411. The third-order valence-electron chi connectivity index (χ3n) is 4.72. The Morgan fingerprint density at radius 2 is 1.48 bits per heavy atom. The van der Waals surface area contributed by atoms with E-state index in [1.165, 1.54) is 12.1 Å². The lowest BCUT2D eigenvalue weighted by Gasteiger charge is -2.22. The first-order chi connectivity index (χ1) is 10.7. The second-order valence-electron chi connectivity index (χ2n) is 6.54. The van der Waals surface area contributed by atoms with Crippen molar-refractivity contribution < 1.29 is 16.8 Å². The number of hydrogen-bond donors (Lipinski definition) is 0. The molecule has 0 saturated carbocycles. The smallest absolute Gasteiger partial charge is 0.177 e. The molecule has 2 atom stereocenters. The number of benzene rings is 1. The largest absolute Gasteiger partial charge is 0.370 e. The fourth-order valence-electron chi connectivity index (χ4n) is 3.49. The van der Waals surface area contributed by atoms with Crippen LogP contribution in [0.3, 0.4) is 0 Å². The van der Waals surface area contributed by atoms with E-state index in [4.69, 9.17) is 0 Å². The van der Waals surface area contributed by atoms with Crippen LogP contribution in [-0.4, -0.2) is 42.4 Å². The van der Waals surface area contributed by atoms with Gasteiger partial charge < -0.3 is 4.90 Å². The zero-order valence-corrected chi connectivity index (χ0v) is 14.9. The van der Waals surface area contributed by atoms with Crippen LogP contribution >= 0.6 is 0 Å². The van der Waals surface area contributed by atoms with Gasteiger partial charge >= 0.3 is 0 Å². The van der Waals surface area contributed by atoms with Gasteiger partial charge in [-0.25, -0.2) is 16.8 Å². The van der Waals surface area contributed by atoms with Gasteiger partial charge in [0.15, 0.2) is 19.7 Å². The Kier molecular flexibility index (Phi) is 4.04. The number of nitrogens with zero attached hydrogens (tertiary/aromatic N) is 1. The molecule has 0 aromatic heterocycles. The summed E-state index contributed by atoms with van der Waals surface area (Å²) in [6.07, 6.45) is 8.64. The third-order valence-corrected chi connectivity index (χ3v) is 6.96. The molecule has 3 rings (SSSR count). The molecule has 1 fully saturated rings. The molecule has 1 aromatic carbocycles. The average molecular weight is 355 g/mol. The summed E-state index contributed by atoms with van der Waals surface area (Å²) in [5.74, 6) is 1.09. The fraction of sp³-hybridized carbons (Fsp3) is 0.500. The van der Waals surface area contributed by atoms with Crippen LogP contribution in [0.2, 0.25) is 0 Å². The highest BCUT2D eigenvalue weighted by Crippen LogP contribution is 2.38. The molecule has 1 saturated heterocycles. The van der Waals surface area contributed by atoms with E-state index in [1.807, 2.05) is 0 Å². The maximum Gasteiger partial charge on any atom is 0.177 e. The van der Waals surface area contributed by atoms with Crippen molar-refractivity contribution in [3.8, 4) is 0 Å². The summed E-state index contributed by atoms with van der Waals surface area (Å²) in [5, 5.41) is 0. The highest BCUT2D eigenvalue weighted by molar-refractivity contribution is 7.91. The van der Waals surface area contributed by atoms with Gasteiger partial charge in [-0.1, -0.05) is 12.2 Å². The van der Waals surface area contributed by atoms with Gasteiger partial charge in [0.1, 0.15) is 0 Å². The highest BCUT2D eigenvalue weighted by Gasteiger charge is 2.34. The Hall–Kier alpha value is -1.34. The number of fused-ring (bicyclic) bond motifs is 1. The lowest BCUT2D eigenvalue weighted by atomic mass is 9.86. The summed E-state index contributed by atoms with van der Waals surface area (Å²) in [6.45, 7) is 1.63. The molecule has 0 bridgehead atoms. The fourth-order valence-corrected chi connectivity index (χ4v) is 5.13. The zero-order valence-electron chi connectivity index (χ0n) is 13.3. The van der Waals surface area contributed by atoms with Gasteiger partial charge in [-0.15, -0.1) is 0 Å². The minimum atomic E-state index is -3.51. The molecule has 0 spiro atoms. The van der Waals surface area contributed by atoms with Crippen LogP contribution in [0.15, 0.2) is 40.1 Å². The van der Waals surface area contributed by atoms with Gasteiger partial charge in [-0.3, -0.25) is 0 Å². The molecule has 126 valence electrons. The second kappa shape index (κ2) is 5.63. The molecule has 0 amide bonds. The van der Waals surface area contributed by atoms with E-state index in [2.05, 4.69) is 17.1 Å². The number of anilines is 1. The predicted octanol–water partition coefficient (Wildman–Crippen LogP) is 1.90. The first-order valence-electron chi connectivity index (χ1n) is 7.60. The molecule has 1 aromatic rings. The molecular weight excluding hydrogens is 334 g/mol. The van der Waals surface area contributed by atoms with E-state index >= 15 is 0 Å². The zero-order chi connectivity index (χ0) is 16.8. The molecule has 23 heavy (non-hydrogen) atoms. The Bertz CT molecular complexity index is 840. The molecule has 5 nitrogen and oxygen atoms in total. The molecule has 1 aliphatic heterocycles. The van der Waals surface area contributed by atoms with E-state index in [-0.39, 0.29) is 9.79 Å². The van der Waals surface area contributed by atoms with Crippen molar-refractivity contribution in [3.05, 3.63) is 30.4 Å². The van der Waals surface area contributed by atoms with Crippen LogP contribution in [-0.2, 0) is 19.7 Å². The van der Waals surface area contributed by atoms with Crippen LogP contribution < -0.4 is 4.90 Å². The van der Waals surface area contributed by atoms with Gasteiger partial charge in [0.25, 0.3) is 0 Å². The van der Waals surface area contributed by atoms with Crippen molar-refractivity contribution in [2.24, 2.45) is 11.8 Å². The van der Waals surface area contributed by atoms with Gasteiger partial charge in [0, 0.05) is 25.6 Å². The SMILES string of the molecule is CS(=O)(=O)c1ccc(N2CC3CC=CCC3C2)c(S(C)(=O)=O)c1. The van der Waals surface area contributed by atoms with Crippen molar-refractivity contribution >= 4 is 25.4 Å². The van der Waals surface area contributed by atoms with Gasteiger partial charge in [0.2, 0.25) is 0 Å². The number of sulfone groups is 2. The average Bonchev–Trinajstić information content (AvgIpc) is 2.88. The number of allylic oxidation sites excluding steroid dienone is 2. The lowest BCUT2D eigenvalue weighted by Crippen LogP contribution is -2.22. The summed E-state index contributed by atoms with van der Waals surface area (Å²) in [6, 6.07) is 4.43. The highest BCUT2D eigenvalue weighted by atomic mass is 32.2. The Labute approximate surface area is 137 Å². The normalized spacial score (nSPS) is 24.7. The summed E-state index contributed by atoms with van der Waals surface area (Å²) in [5.41, 5.74) is 0.620. The van der Waals surface area contributed by atoms with E-state index in [0.717, 1.165) is 38.4 Å². The first-order valence-corrected chi connectivity index (χ1v) is 11.4. The molecule has 0 radical (unpaired) electrons. The van der Waals surface area contributed by atoms with Crippen LogP contribution in [0, 0.1) is 11.8 Å². The summed E-state index contributed by atoms with van der Waals surface area (Å²) in [7, 11) is -6.95. The van der Waals surface area contributed by atoms with Gasteiger partial charge in [-0.2, -0.15) is 0 Å². The van der Waals surface area contributed by atoms with Crippen LogP contribution in [0.25, 0.3) is 0 Å². The standard InChI is InChI=1S/C16H21NO4S2/c1-22(18,19)14-7-8-15(16(9-14)23(2,20)21)17-10-12-5-3-4-6-13(12)11-17/h3-4,7-9,12-13H,5-6,10-11H2,1-2H3. The molecule has 2 unspecified atom stereocenters. The maximum absolute atomic E-state index is 12.2. The Balaban J connectivity index is 2.03. The number of hydrogen-bond acceptors (Lipinski definition) is 5. The topological polar surface area (TPSA) is 71.5 Å².